The average Bonchev–Trinajstić information content (AvgIpc) is 2.19. The molecule has 0 radical (unpaired) electrons. The summed E-state index contributed by atoms with van der Waals surface area (Å²) in [6.07, 6.45) is 1.42. The van der Waals surface area contributed by atoms with Crippen LogP contribution in [0, 0.1) is 0 Å². The van der Waals surface area contributed by atoms with Crippen LogP contribution < -0.4 is 5.73 Å². The largest absolute Gasteiger partial charge is 0.508 e. The SMILES string of the molecule is CCC[C@@H](N)c1cc(SC(F)(F)F)ccc1O. The lowest BCUT2D eigenvalue weighted by Crippen LogP contribution is -2.10. The summed E-state index contributed by atoms with van der Waals surface area (Å²) in [4.78, 5) is 0.0388. The summed E-state index contributed by atoms with van der Waals surface area (Å²) in [7, 11) is 0. The summed E-state index contributed by atoms with van der Waals surface area (Å²) in [6.45, 7) is 1.92. The number of nitrogens with two attached hydrogens (primary N) is 1. The van der Waals surface area contributed by atoms with Crippen molar-refractivity contribution in [2.24, 2.45) is 5.73 Å². The molecule has 0 aliphatic heterocycles. The highest BCUT2D eigenvalue weighted by Crippen LogP contribution is 2.39. The van der Waals surface area contributed by atoms with E-state index in [1.807, 2.05) is 6.92 Å². The van der Waals surface area contributed by atoms with Gasteiger partial charge in [0.15, 0.2) is 0 Å². The standard InChI is InChI=1S/C11H14F3NOS/c1-2-3-9(15)8-6-7(4-5-10(8)16)17-11(12,13)14/h4-6,9,16H,2-3,15H2,1H3/t9-/m1/s1. The molecule has 3 N–H and O–H groups in total. The molecule has 1 aromatic rings. The molecule has 0 saturated carbocycles. The zero-order valence-electron chi connectivity index (χ0n) is 9.29. The normalized spacial score (nSPS) is 13.7. The zero-order valence-corrected chi connectivity index (χ0v) is 10.1. The molecule has 0 bridgehead atoms. The highest BCUT2D eigenvalue weighted by molar-refractivity contribution is 8.00. The number of aromatic hydroxyl groups is 1. The number of rotatable bonds is 4. The van der Waals surface area contributed by atoms with Crippen LogP contribution >= 0.6 is 11.8 Å². The van der Waals surface area contributed by atoms with E-state index in [4.69, 9.17) is 5.73 Å². The van der Waals surface area contributed by atoms with Crippen LogP contribution in [0.2, 0.25) is 0 Å². The Bertz CT molecular complexity index is 381. The topological polar surface area (TPSA) is 46.2 Å². The smallest absolute Gasteiger partial charge is 0.446 e. The van der Waals surface area contributed by atoms with E-state index < -0.39 is 11.6 Å². The minimum Gasteiger partial charge on any atom is -0.508 e. The molecule has 6 heteroatoms. The number of alkyl halides is 3. The monoisotopic (exact) mass is 265 g/mol. The van der Waals surface area contributed by atoms with Gasteiger partial charge in [-0.05, 0) is 36.4 Å². The van der Waals surface area contributed by atoms with Crippen molar-refractivity contribution < 1.29 is 18.3 Å². The Labute approximate surface area is 102 Å². The first-order valence-corrected chi connectivity index (χ1v) is 5.99. The molecule has 0 spiro atoms. The first-order valence-electron chi connectivity index (χ1n) is 5.17. The molecule has 0 fully saturated rings. The molecule has 1 atom stereocenters. The van der Waals surface area contributed by atoms with Crippen molar-refractivity contribution in [3.8, 4) is 5.75 Å². The second-order valence-corrected chi connectivity index (χ2v) is 4.80. The van der Waals surface area contributed by atoms with Crippen LogP contribution in [-0.2, 0) is 0 Å². The Morgan fingerprint density at radius 1 is 1.41 bits per heavy atom. The molecule has 1 aromatic carbocycles. The van der Waals surface area contributed by atoms with E-state index >= 15 is 0 Å². The van der Waals surface area contributed by atoms with Gasteiger partial charge in [-0.3, -0.25) is 0 Å². The van der Waals surface area contributed by atoms with E-state index in [-0.39, 0.29) is 22.4 Å². The van der Waals surface area contributed by atoms with Gasteiger partial charge in [0.2, 0.25) is 0 Å². The molecular weight excluding hydrogens is 251 g/mol. The lowest BCUT2D eigenvalue weighted by Gasteiger charge is -2.14. The second kappa shape index (κ2) is 5.64. The molecule has 0 aromatic heterocycles. The van der Waals surface area contributed by atoms with E-state index in [0.717, 1.165) is 6.42 Å². The van der Waals surface area contributed by atoms with Crippen LogP contribution in [-0.4, -0.2) is 10.6 Å². The van der Waals surface area contributed by atoms with E-state index in [1.54, 1.807) is 0 Å². The van der Waals surface area contributed by atoms with E-state index in [2.05, 4.69) is 0 Å². The quantitative estimate of drug-likeness (QED) is 0.814. The minimum absolute atomic E-state index is 0.0388. The molecule has 0 heterocycles. The van der Waals surface area contributed by atoms with Crippen LogP contribution in [0.5, 0.6) is 5.75 Å². The summed E-state index contributed by atoms with van der Waals surface area (Å²) in [5, 5.41) is 9.56. The predicted octanol–water partition coefficient (Wildman–Crippen LogP) is 3.80. The van der Waals surface area contributed by atoms with Crippen molar-refractivity contribution in [1.29, 1.82) is 0 Å². The van der Waals surface area contributed by atoms with Gasteiger partial charge in [0, 0.05) is 16.5 Å². The van der Waals surface area contributed by atoms with Gasteiger partial charge in [0.1, 0.15) is 5.75 Å². The highest BCUT2D eigenvalue weighted by atomic mass is 32.2. The Hall–Kier alpha value is -0.880. The number of hydrogen-bond acceptors (Lipinski definition) is 3. The third-order valence-corrected chi connectivity index (χ3v) is 2.95. The van der Waals surface area contributed by atoms with E-state index in [1.165, 1.54) is 18.2 Å². The van der Waals surface area contributed by atoms with Gasteiger partial charge in [-0.2, -0.15) is 13.2 Å². The maximum Gasteiger partial charge on any atom is 0.446 e. The Morgan fingerprint density at radius 3 is 2.59 bits per heavy atom. The molecule has 1 rings (SSSR count). The van der Waals surface area contributed by atoms with E-state index in [9.17, 15) is 18.3 Å². The van der Waals surface area contributed by atoms with Crippen LogP contribution in [0.4, 0.5) is 13.2 Å². The molecular formula is C11H14F3NOS. The molecule has 0 aliphatic carbocycles. The number of halogens is 3. The molecule has 96 valence electrons. The van der Waals surface area contributed by atoms with Crippen molar-refractivity contribution in [3.05, 3.63) is 23.8 Å². The van der Waals surface area contributed by atoms with Gasteiger partial charge >= 0.3 is 5.51 Å². The van der Waals surface area contributed by atoms with Gasteiger partial charge in [-0.1, -0.05) is 13.3 Å². The molecule has 0 amide bonds. The molecule has 0 unspecified atom stereocenters. The maximum atomic E-state index is 12.2. The third-order valence-electron chi connectivity index (χ3n) is 2.23. The van der Waals surface area contributed by atoms with Crippen molar-refractivity contribution in [1.82, 2.24) is 0 Å². The summed E-state index contributed by atoms with van der Waals surface area (Å²) in [5.74, 6) is -0.0579. The van der Waals surface area contributed by atoms with Crippen LogP contribution in [0.3, 0.4) is 0 Å². The molecule has 2 nitrogen and oxygen atoms in total. The van der Waals surface area contributed by atoms with Gasteiger partial charge in [-0.15, -0.1) is 0 Å². The fourth-order valence-corrected chi connectivity index (χ4v) is 2.08. The predicted molar refractivity (Wildman–Crippen MR) is 61.9 cm³/mol. The van der Waals surface area contributed by atoms with Crippen molar-refractivity contribution in [2.75, 3.05) is 0 Å². The lowest BCUT2D eigenvalue weighted by molar-refractivity contribution is -0.0328. The first-order chi connectivity index (χ1) is 7.83. The van der Waals surface area contributed by atoms with E-state index in [0.29, 0.717) is 12.0 Å². The van der Waals surface area contributed by atoms with Crippen LogP contribution in [0.25, 0.3) is 0 Å². The summed E-state index contributed by atoms with van der Waals surface area (Å²) in [5.41, 5.74) is 1.82. The molecule has 17 heavy (non-hydrogen) atoms. The Morgan fingerprint density at radius 2 is 2.06 bits per heavy atom. The molecule has 0 aliphatic rings. The first kappa shape index (κ1) is 14.2. The van der Waals surface area contributed by atoms with Gasteiger partial charge in [0.05, 0.1) is 0 Å². The maximum absolute atomic E-state index is 12.2. The third kappa shape index (κ3) is 4.47. The van der Waals surface area contributed by atoms with Gasteiger partial charge in [0.25, 0.3) is 0 Å². The van der Waals surface area contributed by atoms with Crippen molar-refractivity contribution >= 4 is 11.8 Å². The van der Waals surface area contributed by atoms with Crippen LogP contribution in [0.15, 0.2) is 23.1 Å². The summed E-state index contributed by atoms with van der Waals surface area (Å²) >= 11 is -0.208. The minimum atomic E-state index is -4.33. The summed E-state index contributed by atoms with van der Waals surface area (Å²) in [6, 6.07) is 3.34. The van der Waals surface area contributed by atoms with Crippen LogP contribution in [0.1, 0.15) is 31.4 Å². The average molecular weight is 265 g/mol. The van der Waals surface area contributed by atoms with Gasteiger partial charge < -0.3 is 10.8 Å². The van der Waals surface area contributed by atoms with Gasteiger partial charge in [-0.25, -0.2) is 0 Å². The number of benzene rings is 1. The van der Waals surface area contributed by atoms with Crippen molar-refractivity contribution in [2.45, 2.75) is 36.2 Å². The van der Waals surface area contributed by atoms with Crippen molar-refractivity contribution in [3.63, 3.8) is 0 Å². The number of thioether (sulfide) groups is 1. The highest BCUT2D eigenvalue weighted by Gasteiger charge is 2.29. The summed E-state index contributed by atoms with van der Waals surface area (Å²) < 4.78 is 36.6. The number of hydrogen-bond donors (Lipinski definition) is 2. The fourth-order valence-electron chi connectivity index (χ4n) is 1.49. The number of phenols is 1. The lowest BCUT2D eigenvalue weighted by atomic mass is 10.0. The Kier molecular flexibility index (Phi) is 4.70. The fraction of sp³-hybridized carbons (Fsp3) is 0.455. The second-order valence-electron chi connectivity index (χ2n) is 3.66. The molecule has 0 saturated heterocycles. The zero-order chi connectivity index (χ0) is 13.1. The number of phenolic OH excluding ortho intramolecular Hbond substituents is 1. The Balaban J connectivity index is 2.94.